The van der Waals surface area contributed by atoms with Crippen molar-refractivity contribution >= 4 is 16.0 Å². The van der Waals surface area contributed by atoms with Crippen molar-refractivity contribution in [2.45, 2.75) is 18.4 Å². The quantitative estimate of drug-likeness (QED) is 0.753. The fourth-order valence-corrected chi connectivity index (χ4v) is 4.03. The van der Waals surface area contributed by atoms with Gasteiger partial charge in [0.15, 0.2) is 0 Å². The molecule has 1 fully saturated rings. The summed E-state index contributed by atoms with van der Waals surface area (Å²) >= 11 is 0. The van der Waals surface area contributed by atoms with Crippen molar-refractivity contribution in [3.05, 3.63) is 53.5 Å². The molecule has 134 valence electrons. The average molecular weight is 365 g/mol. The second-order valence-corrected chi connectivity index (χ2v) is 7.57. The van der Waals surface area contributed by atoms with E-state index in [1.54, 1.807) is 19.1 Å². The Bertz CT molecular complexity index is 852. The molecule has 0 unspecified atom stereocenters. The number of benzene rings is 1. The number of ether oxygens (including phenoxy) is 2. The summed E-state index contributed by atoms with van der Waals surface area (Å²) in [6.07, 6.45) is 1.42. The van der Waals surface area contributed by atoms with Crippen LogP contribution in [-0.2, 0) is 26.1 Å². The molecule has 1 aliphatic heterocycles. The number of morpholine rings is 1. The number of sulfonamides is 1. The summed E-state index contributed by atoms with van der Waals surface area (Å²) in [7, 11) is -3.58. The minimum Gasteiger partial charge on any atom is -0.469 e. The molecule has 3 rings (SSSR count). The van der Waals surface area contributed by atoms with Crippen molar-refractivity contribution in [1.29, 1.82) is 0 Å². The van der Waals surface area contributed by atoms with Crippen LogP contribution >= 0.6 is 0 Å². The molecular weight excluding hydrogens is 346 g/mol. The van der Waals surface area contributed by atoms with Gasteiger partial charge in [0.2, 0.25) is 10.0 Å². The van der Waals surface area contributed by atoms with E-state index < -0.39 is 16.0 Å². The lowest BCUT2D eigenvalue weighted by molar-refractivity contribution is 0.0470. The standard InChI is InChI=1S/C17H19NO6S/c1-13-16(5-8-23-13)17(19)24-12-14-3-2-4-15(11-14)25(20,21)18-6-9-22-10-7-18/h2-5,8,11H,6-7,9-10,12H2,1H3. The predicted molar refractivity (Wildman–Crippen MR) is 88.6 cm³/mol. The number of hydrogen-bond donors (Lipinski definition) is 0. The summed E-state index contributed by atoms with van der Waals surface area (Å²) in [6.45, 7) is 3.10. The molecule has 1 aliphatic rings. The van der Waals surface area contributed by atoms with E-state index in [1.165, 1.54) is 28.8 Å². The number of furan rings is 1. The Labute approximate surface area is 146 Å². The molecule has 1 aromatic carbocycles. The number of esters is 1. The van der Waals surface area contributed by atoms with Crippen LogP contribution in [0.15, 0.2) is 45.9 Å². The summed E-state index contributed by atoms with van der Waals surface area (Å²) in [5, 5.41) is 0. The first-order chi connectivity index (χ1) is 12.0. The molecule has 7 nitrogen and oxygen atoms in total. The second kappa shape index (κ2) is 7.38. The molecule has 0 atom stereocenters. The fourth-order valence-electron chi connectivity index (χ4n) is 2.56. The van der Waals surface area contributed by atoms with E-state index in [0.717, 1.165) is 0 Å². The summed E-state index contributed by atoms with van der Waals surface area (Å²) in [6, 6.07) is 7.96. The van der Waals surface area contributed by atoms with Gasteiger partial charge in [-0.2, -0.15) is 4.31 Å². The van der Waals surface area contributed by atoms with Gasteiger partial charge in [-0.1, -0.05) is 12.1 Å². The van der Waals surface area contributed by atoms with Crippen molar-refractivity contribution in [3.63, 3.8) is 0 Å². The van der Waals surface area contributed by atoms with Crippen LogP contribution in [0.3, 0.4) is 0 Å². The largest absolute Gasteiger partial charge is 0.469 e. The SMILES string of the molecule is Cc1occc1C(=O)OCc1cccc(S(=O)(=O)N2CCOCC2)c1. The van der Waals surface area contributed by atoms with Crippen molar-refractivity contribution in [2.24, 2.45) is 0 Å². The molecule has 0 spiro atoms. The topological polar surface area (TPSA) is 86.0 Å². The number of carbonyl (C=O) groups excluding carboxylic acids is 1. The minimum absolute atomic E-state index is 0.0179. The fraction of sp³-hybridized carbons (Fsp3) is 0.353. The highest BCUT2D eigenvalue weighted by atomic mass is 32.2. The molecule has 0 bridgehead atoms. The molecular formula is C17H19NO6S. The predicted octanol–water partition coefficient (Wildman–Crippen LogP) is 1.97. The maximum atomic E-state index is 12.7. The van der Waals surface area contributed by atoms with Crippen LogP contribution in [0.1, 0.15) is 21.7 Å². The molecule has 0 radical (unpaired) electrons. The van der Waals surface area contributed by atoms with Gasteiger partial charge in [-0.25, -0.2) is 13.2 Å². The monoisotopic (exact) mass is 365 g/mol. The summed E-state index contributed by atoms with van der Waals surface area (Å²) in [4.78, 5) is 12.2. The summed E-state index contributed by atoms with van der Waals surface area (Å²) < 4.78 is 42.2. The van der Waals surface area contributed by atoms with Gasteiger partial charge in [0.05, 0.1) is 24.4 Å². The molecule has 8 heteroatoms. The molecule has 0 saturated carbocycles. The highest BCUT2D eigenvalue weighted by molar-refractivity contribution is 7.89. The first-order valence-electron chi connectivity index (χ1n) is 7.86. The second-order valence-electron chi connectivity index (χ2n) is 5.63. The van der Waals surface area contributed by atoms with Gasteiger partial charge in [0.25, 0.3) is 0 Å². The number of hydrogen-bond acceptors (Lipinski definition) is 6. The minimum atomic E-state index is -3.58. The van der Waals surface area contributed by atoms with Crippen LogP contribution in [0.25, 0.3) is 0 Å². The summed E-state index contributed by atoms with van der Waals surface area (Å²) in [5.74, 6) is -0.0265. The van der Waals surface area contributed by atoms with Gasteiger partial charge in [0.1, 0.15) is 17.9 Å². The average Bonchev–Trinajstić information content (AvgIpc) is 3.07. The zero-order chi connectivity index (χ0) is 17.9. The highest BCUT2D eigenvalue weighted by Gasteiger charge is 2.26. The van der Waals surface area contributed by atoms with Crippen molar-refractivity contribution in [3.8, 4) is 0 Å². The molecule has 2 aromatic rings. The molecule has 2 heterocycles. The Balaban J connectivity index is 1.71. The first kappa shape index (κ1) is 17.7. The lowest BCUT2D eigenvalue weighted by Gasteiger charge is -2.26. The maximum absolute atomic E-state index is 12.7. The third kappa shape index (κ3) is 3.92. The number of carbonyl (C=O) groups is 1. The van der Waals surface area contributed by atoms with Crippen molar-refractivity contribution in [1.82, 2.24) is 4.31 Å². The van der Waals surface area contributed by atoms with Gasteiger partial charge in [-0.3, -0.25) is 0 Å². The lowest BCUT2D eigenvalue weighted by Crippen LogP contribution is -2.40. The first-order valence-corrected chi connectivity index (χ1v) is 9.30. The smallest absolute Gasteiger partial charge is 0.342 e. The zero-order valence-electron chi connectivity index (χ0n) is 13.8. The van der Waals surface area contributed by atoms with Crippen LogP contribution in [0, 0.1) is 6.92 Å². The highest BCUT2D eigenvalue weighted by Crippen LogP contribution is 2.19. The van der Waals surface area contributed by atoms with Gasteiger partial charge < -0.3 is 13.9 Å². The Morgan fingerprint density at radius 1 is 1.24 bits per heavy atom. The normalized spacial score (nSPS) is 15.9. The Kier molecular flexibility index (Phi) is 5.22. The number of nitrogens with zero attached hydrogens (tertiary/aromatic N) is 1. The molecule has 0 aliphatic carbocycles. The molecule has 1 aromatic heterocycles. The third-order valence-electron chi connectivity index (χ3n) is 3.95. The lowest BCUT2D eigenvalue weighted by atomic mass is 10.2. The van der Waals surface area contributed by atoms with Gasteiger partial charge in [0, 0.05) is 13.1 Å². The van der Waals surface area contributed by atoms with E-state index in [4.69, 9.17) is 13.9 Å². The molecule has 25 heavy (non-hydrogen) atoms. The maximum Gasteiger partial charge on any atom is 0.342 e. The van der Waals surface area contributed by atoms with E-state index in [-0.39, 0.29) is 11.5 Å². The number of aryl methyl sites for hydroxylation is 1. The van der Waals surface area contributed by atoms with E-state index >= 15 is 0 Å². The van der Waals surface area contributed by atoms with E-state index in [9.17, 15) is 13.2 Å². The third-order valence-corrected chi connectivity index (χ3v) is 5.85. The molecule has 0 N–H and O–H groups in total. The molecule has 1 saturated heterocycles. The Hall–Kier alpha value is -2.16. The van der Waals surface area contributed by atoms with E-state index in [2.05, 4.69) is 0 Å². The van der Waals surface area contributed by atoms with Crippen molar-refractivity contribution in [2.75, 3.05) is 26.3 Å². The van der Waals surface area contributed by atoms with Crippen LogP contribution in [0.5, 0.6) is 0 Å². The van der Waals surface area contributed by atoms with Crippen molar-refractivity contribution < 1.29 is 27.1 Å². The molecule has 0 amide bonds. The number of rotatable bonds is 5. The van der Waals surface area contributed by atoms with Gasteiger partial charge >= 0.3 is 5.97 Å². The van der Waals surface area contributed by atoms with Gasteiger partial charge in [-0.15, -0.1) is 0 Å². The Morgan fingerprint density at radius 3 is 2.68 bits per heavy atom. The Morgan fingerprint density at radius 2 is 2.00 bits per heavy atom. The summed E-state index contributed by atoms with van der Waals surface area (Å²) in [5.41, 5.74) is 0.959. The van der Waals surface area contributed by atoms with Crippen LogP contribution in [0.2, 0.25) is 0 Å². The zero-order valence-corrected chi connectivity index (χ0v) is 14.6. The van der Waals surface area contributed by atoms with E-state index in [0.29, 0.717) is 43.2 Å². The van der Waals surface area contributed by atoms with Crippen LogP contribution in [0.4, 0.5) is 0 Å². The van der Waals surface area contributed by atoms with Crippen LogP contribution in [-0.4, -0.2) is 45.0 Å². The van der Waals surface area contributed by atoms with Gasteiger partial charge in [-0.05, 0) is 30.7 Å². The van der Waals surface area contributed by atoms with Crippen LogP contribution < -0.4 is 0 Å². The van der Waals surface area contributed by atoms with E-state index in [1.807, 2.05) is 0 Å².